The minimum atomic E-state index is -0.147. The van der Waals surface area contributed by atoms with Crippen LogP contribution in [0.4, 0.5) is 0 Å². The smallest absolute Gasteiger partial charge is 0.140 e. The van der Waals surface area contributed by atoms with Gasteiger partial charge in [0.25, 0.3) is 0 Å². The molecule has 1 saturated heterocycles. The standard InChI is InChI=1S/C12H14O2/c1-12(9-14-12)8-11(13)7-10-5-3-2-4-6-10/h2-6H,7-9H2,1H3. The van der Waals surface area contributed by atoms with E-state index in [9.17, 15) is 4.79 Å². The number of benzene rings is 1. The van der Waals surface area contributed by atoms with Gasteiger partial charge in [-0.2, -0.15) is 0 Å². The van der Waals surface area contributed by atoms with Gasteiger partial charge in [0.15, 0.2) is 0 Å². The SMILES string of the molecule is CC1(CC(=O)Cc2ccccc2)CO1. The van der Waals surface area contributed by atoms with Crippen LogP contribution in [-0.2, 0) is 16.0 Å². The van der Waals surface area contributed by atoms with Gasteiger partial charge in [-0.1, -0.05) is 30.3 Å². The maximum atomic E-state index is 11.6. The Kier molecular flexibility index (Phi) is 2.38. The largest absolute Gasteiger partial charge is 0.369 e. The van der Waals surface area contributed by atoms with Crippen molar-refractivity contribution in [2.75, 3.05) is 6.61 Å². The Morgan fingerprint density at radius 2 is 2.07 bits per heavy atom. The number of rotatable bonds is 4. The second-order valence-corrected chi connectivity index (χ2v) is 4.12. The molecule has 2 nitrogen and oxygen atoms in total. The third-order valence-electron chi connectivity index (χ3n) is 2.45. The number of Topliss-reactive ketones (excluding diaryl/α,β-unsaturated/α-hetero) is 1. The molecule has 0 spiro atoms. The molecule has 1 heterocycles. The summed E-state index contributed by atoms with van der Waals surface area (Å²) < 4.78 is 5.18. The number of ether oxygens (including phenoxy) is 1. The summed E-state index contributed by atoms with van der Waals surface area (Å²) in [4.78, 5) is 11.6. The van der Waals surface area contributed by atoms with Crippen LogP contribution in [0, 0.1) is 0 Å². The molecule has 0 saturated carbocycles. The zero-order valence-corrected chi connectivity index (χ0v) is 8.32. The molecule has 2 rings (SSSR count). The third-order valence-corrected chi connectivity index (χ3v) is 2.45. The molecule has 2 heteroatoms. The van der Waals surface area contributed by atoms with Crippen LogP contribution in [0.25, 0.3) is 0 Å². The molecule has 0 aliphatic carbocycles. The molecule has 0 radical (unpaired) electrons. The first kappa shape index (κ1) is 9.41. The number of carbonyl (C=O) groups is 1. The Bertz CT molecular complexity index is 325. The molecule has 1 aromatic carbocycles. The summed E-state index contributed by atoms with van der Waals surface area (Å²) >= 11 is 0. The molecule has 1 unspecified atom stereocenters. The highest BCUT2D eigenvalue weighted by Crippen LogP contribution is 2.30. The van der Waals surface area contributed by atoms with Gasteiger partial charge in [-0.05, 0) is 12.5 Å². The van der Waals surface area contributed by atoms with Crippen LogP contribution >= 0.6 is 0 Å². The molecule has 1 aliphatic heterocycles. The Morgan fingerprint density at radius 1 is 1.43 bits per heavy atom. The molecular weight excluding hydrogens is 176 g/mol. The van der Waals surface area contributed by atoms with Crippen molar-refractivity contribution in [3.8, 4) is 0 Å². The summed E-state index contributed by atoms with van der Waals surface area (Å²) in [6.07, 6.45) is 1.07. The van der Waals surface area contributed by atoms with Crippen LogP contribution in [0.3, 0.4) is 0 Å². The monoisotopic (exact) mass is 190 g/mol. The molecule has 1 atom stereocenters. The van der Waals surface area contributed by atoms with Crippen molar-refractivity contribution in [2.45, 2.75) is 25.4 Å². The molecule has 1 fully saturated rings. The highest BCUT2D eigenvalue weighted by Gasteiger charge is 2.40. The minimum Gasteiger partial charge on any atom is -0.369 e. The van der Waals surface area contributed by atoms with Crippen LogP contribution in [-0.4, -0.2) is 18.0 Å². The normalized spacial score (nSPS) is 24.6. The quantitative estimate of drug-likeness (QED) is 0.679. The second-order valence-electron chi connectivity index (χ2n) is 4.12. The summed E-state index contributed by atoms with van der Waals surface area (Å²) in [6.45, 7) is 2.71. The van der Waals surface area contributed by atoms with Gasteiger partial charge in [0.05, 0.1) is 12.2 Å². The Hall–Kier alpha value is -1.15. The fraction of sp³-hybridized carbons (Fsp3) is 0.417. The third kappa shape index (κ3) is 2.42. The highest BCUT2D eigenvalue weighted by molar-refractivity contribution is 5.82. The number of carbonyl (C=O) groups excluding carboxylic acids is 1. The predicted octanol–water partition coefficient (Wildman–Crippen LogP) is 1.98. The van der Waals surface area contributed by atoms with Crippen molar-refractivity contribution in [3.63, 3.8) is 0 Å². The second kappa shape index (κ2) is 3.54. The van der Waals surface area contributed by atoms with Gasteiger partial charge in [0, 0.05) is 12.8 Å². The zero-order valence-electron chi connectivity index (χ0n) is 8.32. The van der Waals surface area contributed by atoms with E-state index in [-0.39, 0.29) is 11.4 Å². The topological polar surface area (TPSA) is 29.6 Å². The molecule has 1 aliphatic rings. The van der Waals surface area contributed by atoms with Crippen molar-refractivity contribution in [1.29, 1.82) is 0 Å². The number of hydrogen-bond donors (Lipinski definition) is 0. The number of hydrogen-bond acceptors (Lipinski definition) is 2. The van der Waals surface area contributed by atoms with Gasteiger partial charge in [-0.3, -0.25) is 4.79 Å². The van der Waals surface area contributed by atoms with Gasteiger partial charge >= 0.3 is 0 Å². The van der Waals surface area contributed by atoms with Crippen LogP contribution in [0.1, 0.15) is 18.9 Å². The number of epoxide rings is 1. The molecule has 0 N–H and O–H groups in total. The van der Waals surface area contributed by atoms with E-state index in [4.69, 9.17) is 4.74 Å². The van der Waals surface area contributed by atoms with Gasteiger partial charge < -0.3 is 4.74 Å². The van der Waals surface area contributed by atoms with Crippen molar-refractivity contribution < 1.29 is 9.53 Å². The van der Waals surface area contributed by atoms with Gasteiger partial charge in [-0.15, -0.1) is 0 Å². The van der Waals surface area contributed by atoms with E-state index in [0.717, 1.165) is 12.2 Å². The molecule has 0 aromatic heterocycles. The average Bonchev–Trinajstić information content (AvgIpc) is 2.84. The van der Waals surface area contributed by atoms with Crippen molar-refractivity contribution >= 4 is 5.78 Å². The Morgan fingerprint density at radius 3 is 2.64 bits per heavy atom. The molecule has 0 bridgehead atoms. The summed E-state index contributed by atoms with van der Waals surface area (Å²) in [7, 11) is 0. The first-order valence-electron chi connectivity index (χ1n) is 4.88. The predicted molar refractivity (Wildman–Crippen MR) is 54.1 cm³/mol. The van der Waals surface area contributed by atoms with Crippen LogP contribution < -0.4 is 0 Å². The first-order valence-corrected chi connectivity index (χ1v) is 4.88. The fourth-order valence-corrected chi connectivity index (χ4v) is 1.53. The van der Waals surface area contributed by atoms with Gasteiger partial charge in [0.2, 0.25) is 0 Å². The lowest BCUT2D eigenvalue weighted by Crippen LogP contribution is -2.14. The van der Waals surface area contributed by atoms with Crippen LogP contribution in [0.5, 0.6) is 0 Å². The van der Waals surface area contributed by atoms with E-state index >= 15 is 0 Å². The molecular formula is C12H14O2. The molecule has 74 valence electrons. The minimum absolute atomic E-state index is 0.147. The van der Waals surface area contributed by atoms with E-state index in [1.807, 2.05) is 37.3 Å². The lowest BCUT2D eigenvalue weighted by atomic mass is 10.0. The maximum Gasteiger partial charge on any atom is 0.140 e. The van der Waals surface area contributed by atoms with Crippen molar-refractivity contribution in [1.82, 2.24) is 0 Å². The van der Waals surface area contributed by atoms with E-state index in [1.165, 1.54) is 0 Å². The summed E-state index contributed by atoms with van der Waals surface area (Å²) in [5, 5.41) is 0. The van der Waals surface area contributed by atoms with Crippen LogP contribution in [0.2, 0.25) is 0 Å². The molecule has 1 aromatic rings. The lowest BCUT2D eigenvalue weighted by Gasteiger charge is -2.03. The van der Waals surface area contributed by atoms with E-state index < -0.39 is 0 Å². The molecule has 0 amide bonds. The summed E-state index contributed by atoms with van der Waals surface area (Å²) in [6, 6.07) is 9.83. The van der Waals surface area contributed by atoms with E-state index in [1.54, 1.807) is 0 Å². The zero-order chi connectivity index (χ0) is 10.0. The summed E-state index contributed by atoms with van der Waals surface area (Å²) in [5.41, 5.74) is 0.938. The van der Waals surface area contributed by atoms with Gasteiger partial charge in [0.1, 0.15) is 5.78 Å². The van der Waals surface area contributed by atoms with Crippen molar-refractivity contribution in [2.24, 2.45) is 0 Å². The fourth-order valence-electron chi connectivity index (χ4n) is 1.53. The Balaban J connectivity index is 1.89. The van der Waals surface area contributed by atoms with Crippen molar-refractivity contribution in [3.05, 3.63) is 35.9 Å². The Labute approximate surface area is 83.9 Å². The number of ketones is 1. The molecule has 14 heavy (non-hydrogen) atoms. The lowest BCUT2D eigenvalue weighted by molar-refractivity contribution is -0.119. The van der Waals surface area contributed by atoms with Crippen LogP contribution in [0.15, 0.2) is 30.3 Å². The maximum absolute atomic E-state index is 11.6. The van der Waals surface area contributed by atoms with Gasteiger partial charge in [-0.25, -0.2) is 0 Å². The highest BCUT2D eigenvalue weighted by atomic mass is 16.6. The van der Waals surface area contributed by atoms with E-state index in [2.05, 4.69) is 0 Å². The van der Waals surface area contributed by atoms with E-state index in [0.29, 0.717) is 12.8 Å². The summed E-state index contributed by atoms with van der Waals surface area (Å²) in [5.74, 6) is 0.260. The first-order chi connectivity index (χ1) is 6.68. The average molecular weight is 190 g/mol.